The second kappa shape index (κ2) is 6.70. The number of rotatable bonds is 3. The highest BCUT2D eigenvalue weighted by molar-refractivity contribution is 5.14. The summed E-state index contributed by atoms with van der Waals surface area (Å²) in [6, 6.07) is 11.9. The first-order valence-electron chi connectivity index (χ1n) is 8.09. The Hall–Kier alpha value is -0.900. The van der Waals surface area contributed by atoms with Crippen molar-refractivity contribution in [3.8, 4) is 0 Å². The van der Waals surface area contributed by atoms with Crippen molar-refractivity contribution in [2.75, 3.05) is 26.2 Å². The molecule has 1 saturated heterocycles. The number of benzene rings is 1. The summed E-state index contributed by atoms with van der Waals surface area (Å²) < 4.78 is 0. The van der Waals surface area contributed by atoms with Gasteiger partial charge in [0.15, 0.2) is 0 Å². The first kappa shape index (κ1) is 14.1. The van der Waals surface area contributed by atoms with Crippen LogP contribution in [0.1, 0.15) is 31.2 Å². The maximum absolute atomic E-state index is 6.31. The van der Waals surface area contributed by atoms with Crippen LogP contribution in [0.15, 0.2) is 30.3 Å². The summed E-state index contributed by atoms with van der Waals surface area (Å²) >= 11 is 0. The topological polar surface area (TPSA) is 32.5 Å². The summed E-state index contributed by atoms with van der Waals surface area (Å²) in [7, 11) is 0. The highest BCUT2D eigenvalue weighted by Gasteiger charge is 2.29. The predicted octanol–water partition coefficient (Wildman–Crippen LogP) is 2.07. The lowest BCUT2D eigenvalue weighted by atomic mass is 9.89. The molecule has 110 valence electrons. The minimum atomic E-state index is 0.407. The molecule has 1 heterocycles. The van der Waals surface area contributed by atoms with Gasteiger partial charge < -0.3 is 5.73 Å². The lowest BCUT2D eigenvalue weighted by Crippen LogP contribution is -2.56. The molecule has 0 aromatic heterocycles. The van der Waals surface area contributed by atoms with Gasteiger partial charge in [0.05, 0.1) is 0 Å². The Morgan fingerprint density at radius 3 is 2.35 bits per heavy atom. The maximum atomic E-state index is 6.31. The van der Waals surface area contributed by atoms with E-state index in [4.69, 9.17) is 5.73 Å². The van der Waals surface area contributed by atoms with Crippen molar-refractivity contribution in [3.63, 3.8) is 0 Å². The molecule has 20 heavy (non-hydrogen) atoms. The zero-order valence-corrected chi connectivity index (χ0v) is 12.4. The Labute approximate surface area is 122 Å². The normalized spacial score (nSPS) is 29.4. The Kier molecular flexibility index (Phi) is 4.71. The average molecular weight is 273 g/mol. The van der Waals surface area contributed by atoms with E-state index in [0.29, 0.717) is 12.1 Å². The summed E-state index contributed by atoms with van der Waals surface area (Å²) in [5.74, 6) is 0. The van der Waals surface area contributed by atoms with E-state index in [1.165, 1.54) is 57.4 Å². The zero-order valence-electron chi connectivity index (χ0n) is 12.4. The Balaban J connectivity index is 1.49. The van der Waals surface area contributed by atoms with Crippen molar-refractivity contribution in [2.24, 2.45) is 5.73 Å². The molecule has 2 fully saturated rings. The van der Waals surface area contributed by atoms with Crippen LogP contribution < -0.4 is 5.73 Å². The monoisotopic (exact) mass is 273 g/mol. The van der Waals surface area contributed by atoms with Crippen LogP contribution in [0.5, 0.6) is 0 Å². The van der Waals surface area contributed by atoms with Crippen molar-refractivity contribution < 1.29 is 0 Å². The van der Waals surface area contributed by atoms with E-state index in [1.54, 1.807) is 0 Å². The van der Waals surface area contributed by atoms with Crippen molar-refractivity contribution >= 4 is 0 Å². The van der Waals surface area contributed by atoms with Gasteiger partial charge in [-0.15, -0.1) is 0 Å². The van der Waals surface area contributed by atoms with Crippen LogP contribution in [-0.4, -0.2) is 48.1 Å². The van der Waals surface area contributed by atoms with Crippen LogP contribution in [0.2, 0.25) is 0 Å². The molecule has 3 rings (SSSR count). The highest BCUT2D eigenvalue weighted by Crippen LogP contribution is 2.23. The number of hydrogen-bond donors (Lipinski definition) is 1. The van der Waals surface area contributed by atoms with E-state index in [9.17, 15) is 0 Å². The molecule has 2 atom stereocenters. The molecular weight excluding hydrogens is 246 g/mol. The fourth-order valence-corrected chi connectivity index (χ4v) is 3.69. The van der Waals surface area contributed by atoms with Crippen LogP contribution in [0, 0.1) is 0 Å². The van der Waals surface area contributed by atoms with Gasteiger partial charge >= 0.3 is 0 Å². The van der Waals surface area contributed by atoms with Gasteiger partial charge in [-0.1, -0.05) is 43.2 Å². The summed E-state index contributed by atoms with van der Waals surface area (Å²) in [6.07, 6.45) is 5.21. The molecule has 0 radical (unpaired) electrons. The van der Waals surface area contributed by atoms with Crippen molar-refractivity contribution in [1.82, 2.24) is 9.80 Å². The number of piperazine rings is 1. The molecule has 2 unspecified atom stereocenters. The Morgan fingerprint density at radius 2 is 1.65 bits per heavy atom. The van der Waals surface area contributed by atoms with Gasteiger partial charge in [-0.3, -0.25) is 9.80 Å². The molecule has 1 saturated carbocycles. The largest absolute Gasteiger partial charge is 0.326 e. The Bertz CT molecular complexity index is 398. The standard InChI is InChI=1S/C17H27N3/c18-16-8-4-5-9-17(16)20-12-10-19(11-13-20)14-15-6-2-1-3-7-15/h1-3,6-7,16-17H,4-5,8-14,18H2. The third-order valence-corrected chi connectivity index (χ3v) is 4.91. The molecule has 1 aromatic rings. The van der Waals surface area contributed by atoms with Crippen molar-refractivity contribution in [1.29, 1.82) is 0 Å². The third-order valence-electron chi connectivity index (χ3n) is 4.91. The molecule has 2 aliphatic rings. The molecule has 0 bridgehead atoms. The first-order chi connectivity index (χ1) is 9.83. The molecule has 3 nitrogen and oxygen atoms in total. The predicted molar refractivity (Wildman–Crippen MR) is 83.5 cm³/mol. The SMILES string of the molecule is NC1CCCCC1N1CCN(Cc2ccccc2)CC1. The minimum absolute atomic E-state index is 0.407. The molecule has 1 aliphatic heterocycles. The Morgan fingerprint density at radius 1 is 0.950 bits per heavy atom. The van der Waals surface area contributed by atoms with Crippen LogP contribution in [0.25, 0.3) is 0 Å². The number of nitrogens with zero attached hydrogens (tertiary/aromatic N) is 2. The van der Waals surface area contributed by atoms with E-state index in [-0.39, 0.29) is 0 Å². The van der Waals surface area contributed by atoms with Gasteiger partial charge in [-0.2, -0.15) is 0 Å². The van der Waals surface area contributed by atoms with E-state index < -0.39 is 0 Å². The van der Waals surface area contributed by atoms with Gasteiger partial charge in [0.2, 0.25) is 0 Å². The molecular formula is C17H27N3. The molecule has 3 heteroatoms. The van der Waals surface area contributed by atoms with Gasteiger partial charge in [-0.25, -0.2) is 0 Å². The maximum Gasteiger partial charge on any atom is 0.0248 e. The van der Waals surface area contributed by atoms with Gasteiger partial charge in [0.1, 0.15) is 0 Å². The third kappa shape index (κ3) is 3.40. The molecule has 1 aromatic carbocycles. The molecule has 0 spiro atoms. The minimum Gasteiger partial charge on any atom is -0.326 e. The number of hydrogen-bond acceptors (Lipinski definition) is 3. The molecule has 1 aliphatic carbocycles. The smallest absolute Gasteiger partial charge is 0.0248 e. The second-order valence-electron chi connectivity index (χ2n) is 6.31. The summed E-state index contributed by atoms with van der Waals surface area (Å²) in [5, 5.41) is 0. The quantitative estimate of drug-likeness (QED) is 0.915. The molecule has 0 amide bonds. The van der Waals surface area contributed by atoms with Gasteiger partial charge in [0, 0.05) is 44.8 Å². The van der Waals surface area contributed by atoms with Crippen LogP contribution >= 0.6 is 0 Å². The van der Waals surface area contributed by atoms with Crippen LogP contribution in [0.3, 0.4) is 0 Å². The second-order valence-corrected chi connectivity index (χ2v) is 6.31. The highest BCUT2D eigenvalue weighted by atomic mass is 15.3. The lowest BCUT2D eigenvalue weighted by molar-refractivity contribution is 0.0663. The van der Waals surface area contributed by atoms with Crippen LogP contribution in [-0.2, 0) is 6.54 Å². The summed E-state index contributed by atoms with van der Waals surface area (Å²) in [4.78, 5) is 5.21. The van der Waals surface area contributed by atoms with Crippen LogP contribution in [0.4, 0.5) is 0 Å². The van der Waals surface area contributed by atoms with E-state index in [0.717, 1.165) is 6.54 Å². The van der Waals surface area contributed by atoms with E-state index in [1.807, 2.05) is 0 Å². The number of nitrogens with two attached hydrogens (primary N) is 1. The fraction of sp³-hybridized carbons (Fsp3) is 0.647. The van der Waals surface area contributed by atoms with Crippen molar-refractivity contribution in [3.05, 3.63) is 35.9 Å². The summed E-state index contributed by atoms with van der Waals surface area (Å²) in [6.45, 7) is 5.82. The van der Waals surface area contributed by atoms with Crippen molar-refractivity contribution in [2.45, 2.75) is 44.3 Å². The van der Waals surface area contributed by atoms with E-state index >= 15 is 0 Å². The molecule has 2 N–H and O–H groups in total. The first-order valence-corrected chi connectivity index (χ1v) is 8.09. The zero-order chi connectivity index (χ0) is 13.8. The summed E-state index contributed by atoms with van der Waals surface area (Å²) in [5.41, 5.74) is 7.74. The fourth-order valence-electron chi connectivity index (χ4n) is 3.69. The van der Waals surface area contributed by atoms with E-state index in [2.05, 4.69) is 40.1 Å². The van der Waals surface area contributed by atoms with Gasteiger partial charge in [0.25, 0.3) is 0 Å². The average Bonchev–Trinajstić information content (AvgIpc) is 2.50. The van der Waals surface area contributed by atoms with Gasteiger partial charge in [-0.05, 0) is 18.4 Å². The lowest BCUT2D eigenvalue weighted by Gasteiger charge is -2.43.